The minimum Gasteiger partial charge on any atom is -0.492 e. The molecule has 0 aromatic heterocycles. The molecule has 0 fully saturated rings. The Balaban J connectivity index is 1.43. The fourth-order valence-corrected chi connectivity index (χ4v) is 3.05. The number of carbonyl (C=O) groups excluding carboxylic acids is 1. The third-order valence-corrected chi connectivity index (χ3v) is 4.70. The van der Waals surface area contributed by atoms with Crippen molar-refractivity contribution < 1.29 is 14.3 Å². The maximum absolute atomic E-state index is 11.6. The molecule has 1 aliphatic heterocycles. The van der Waals surface area contributed by atoms with E-state index in [0.717, 1.165) is 53.5 Å². The summed E-state index contributed by atoms with van der Waals surface area (Å²) >= 11 is 0. The minimum atomic E-state index is 0.0728. The molecule has 0 saturated heterocycles. The zero-order chi connectivity index (χ0) is 19.2. The zero-order valence-corrected chi connectivity index (χ0v) is 16.0. The number of nitrogens with zero attached hydrogens (tertiary/aromatic N) is 1. The number of carbonyl (C=O) groups is 1. The summed E-state index contributed by atoms with van der Waals surface area (Å²) in [6.07, 6.45) is 1.23. The Hall–Kier alpha value is -2.73. The van der Waals surface area contributed by atoms with Gasteiger partial charge in [0.15, 0.2) is 0 Å². The summed E-state index contributed by atoms with van der Waals surface area (Å²) in [5, 5.41) is 2.96. The molecule has 1 heterocycles. The van der Waals surface area contributed by atoms with Gasteiger partial charge < -0.3 is 20.5 Å². The van der Waals surface area contributed by atoms with Crippen LogP contribution in [0.1, 0.15) is 17.5 Å². The van der Waals surface area contributed by atoms with E-state index < -0.39 is 0 Å². The first-order valence-electron chi connectivity index (χ1n) is 9.25. The van der Waals surface area contributed by atoms with Crippen LogP contribution in [0.2, 0.25) is 0 Å². The molecule has 0 atom stereocenters. The molecule has 0 spiro atoms. The lowest BCUT2D eigenvalue weighted by molar-refractivity contribution is -0.116. The Bertz CT molecular complexity index is 790. The zero-order valence-electron chi connectivity index (χ0n) is 16.0. The Labute approximate surface area is 160 Å². The highest BCUT2D eigenvalue weighted by atomic mass is 16.5. The third kappa shape index (κ3) is 5.14. The maximum Gasteiger partial charge on any atom is 0.224 e. The topological polar surface area (TPSA) is 76.8 Å². The van der Waals surface area contributed by atoms with E-state index >= 15 is 0 Å². The van der Waals surface area contributed by atoms with Gasteiger partial charge in [0.2, 0.25) is 5.91 Å². The largest absolute Gasteiger partial charge is 0.492 e. The first kappa shape index (κ1) is 19.0. The number of nitrogens with one attached hydrogen (secondary N) is 1. The third-order valence-electron chi connectivity index (χ3n) is 4.70. The van der Waals surface area contributed by atoms with Crippen molar-refractivity contribution in [2.24, 2.45) is 0 Å². The molecule has 3 N–H and O–H groups in total. The van der Waals surface area contributed by atoms with E-state index in [2.05, 4.69) is 10.2 Å². The van der Waals surface area contributed by atoms with Crippen LogP contribution < -0.4 is 20.5 Å². The van der Waals surface area contributed by atoms with Gasteiger partial charge >= 0.3 is 0 Å². The van der Waals surface area contributed by atoms with E-state index in [-0.39, 0.29) is 5.91 Å². The molecule has 0 radical (unpaired) electrons. The predicted octanol–water partition coefficient (Wildman–Crippen LogP) is 2.85. The number of hydrogen-bond donors (Lipinski definition) is 2. The predicted molar refractivity (Wildman–Crippen MR) is 107 cm³/mol. The first-order valence-corrected chi connectivity index (χ1v) is 9.25. The van der Waals surface area contributed by atoms with Gasteiger partial charge in [-0.05, 0) is 56.3 Å². The number of hydrogen-bond acceptors (Lipinski definition) is 5. The standard InChI is InChI=1S/C21H27N3O3/c1-15-3-9-19(18-8-10-20(25)23-21(15)18)27-14-12-24(2)11-13-26-17-6-4-16(22)5-7-17/h3-7,9H,8,10-14,22H2,1-2H3,(H,23,25). The summed E-state index contributed by atoms with van der Waals surface area (Å²) in [4.78, 5) is 13.8. The molecule has 27 heavy (non-hydrogen) atoms. The number of nitrogens with two attached hydrogens (primary N) is 1. The monoisotopic (exact) mass is 369 g/mol. The number of aryl methyl sites for hydroxylation is 1. The van der Waals surface area contributed by atoms with Crippen LogP contribution in [-0.4, -0.2) is 44.2 Å². The second-order valence-electron chi connectivity index (χ2n) is 6.85. The molecule has 0 saturated carbocycles. The number of benzene rings is 2. The van der Waals surface area contributed by atoms with E-state index in [1.54, 1.807) is 0 Å². The van der Waals surface area contributed by atoms with Crippen LogP contribution in [0.5, 0.6) is 11.5 Å². The van der Waals surface area contributed by atoms with E-state index in [9.17, 15) is 4.79 Å². The second-order valence-corrected chi connectivity index (χ2v) is 6.85. The fourth-order valence-electron chi connectivity index (χ4n) is 3.05. The summed E-state index contributed by atoms with van der Waals surface area (Å²) < 4.78 is 11.7. The number of likely N-dealkylation sites (N-methyl/N-ethyl adjacent to an activating group) is 1. The Kier molecular flexibility index (Phi) is 6.19. The number of amides is 1. The normalized spacial score (nSPS) is 13.2. The molecule has 0 unspecified atom stereocenters. The molecule has 0 aliphatic carbocycles. The van der Waals surface area contributed by atoms with Gasteiger partial charge in [0, 0.05) is 30.8 Å². The van der Waals surface area contributed by atoms with Crippen molar-refractivity contribution in [3.8, 4) is 11.5 Å². The van der Waals surface area contributed by atoms with Crippen LogP contribution in [0.15, 0.2) is 36.4 Å². The Morgan fingerprint density at radius 3 is 2.48 bits per heavy atom. The van der Waals surface area contributed by atoms with Crippen molar-refractivity contribution in [2.45, 2.75) is 19.8 Å². The smallest absolute Gasteiger partial charge is 0.224 e. The molecule has 2 aromatic rings. The van der Waals surface area contributed by atoms with Crippen LogP contribution in [0, 0.1) is 6.92 Å². The summed E-state index contributed by atoms with van der Waals surface area (Å²) in [7, 11) is 2.04. The van der Waals surface area contributed by atoms with Crippen molar-refractivity contribution in [2.75, 3.05) is 44.4 Å². The van der Waals surface area contributed by atoms with Crippen LogP contribution in [0.3, 0.4) is 0 Å². The highest BCUT2D eigenvalue weighted by Gasteiger charge is 2.20. The molecule has 3 rings (SSSR count). The molecular formula is C21H27N3O3. The highest BCUT2D eigenvalue weighted by Crippen LogP contribution is 2.33. The average molecular weight is 369 g/mol. The lowest BCUT2D eigenvalue weighted by atomic mass is 9.98. The van der Waals surface area contributed by atoms with Crippen LogP contribution in [0.4, 0.5) is 11.4 Å². The van der Waals surface area contributed by atoms with Crippen molar-refractivity contribution in [1.29, 1.82) is 0 Å². The van der Waals surface area contributed by atoms with Gasteiger partial charge in [-0.1, -0.05) is 6.07 Å². The second kappa shape index (κ2) is 8.77. The number of anilines is 2. The number of fused-ring (bicyclic) bond motifs is 1. The van der Waals surface area contributed by atoms with E-state index in [1.807, 2.05) is 50.4 Å². The number of rotatable bonds is 8. The first-order chi connectivity index (χ1) is 13.0. The average Bonchev–Trinajstić information content (AvgIpc) is 2.65. The van der Waals surface area contributed by atoms with Crippen LogP contribution >= 0.6 is 0 Å². The summed E-state index contributed by atoms with van der Waals surface area (Å²) in [6.45, 7) is 4.78. The molecule has 1 aliphatic rings. The van der Waals surface area contributed by atoms with Gasteiger partial charge in [0.1, 0.15) is 24.7 Å². The van der Waals surface area contributed by atoms with Gasteiger partial charge in [-0.25, -0.2) is 0 Å². The number of nitrogen functional groups attached to an aromatic ring is 1. The van der Waals surface area contributed by atoms with Crippen molar-refractivity contribution in [3.05, 3.63) is 47.5 Å². The maximum atomic E-state index is 11.6. The van der Waals surface area contributed by atoms with Crippen molar-refractivity contribution >= 4 is 17.3 Å². The van der Waals surface area contributed by atoms with Crippen LogP contribution in [0.25, 0.3) is 0 Å². The molecular weight excluding hydrogens is 342 g/mol. The lowest BCUT2D eigenvalue weighted by Gasteiger charge is -2.23. The molecule has 2 aromatic carbocycles. The van der Waals surface area contributed by atoms with Crippen molar-refractivity contribution in [3.63, 3.8) is 0 Å². The Morgan fingerprint density at radius 2 is 1.74 bits per heavy atom. The van der Waals surface area contributed by atoms with Gasteiger partial charge in [0.25, 0.3) is 0 Å². The highest BCUT2D eigenvalue weighted by molar-refractivity contribution is 5.95. The van der Waals surface area contributed by atoms with E-state index in [4.69, 9.17) is 15.2 Å². The van der Waals surface area contributed by atoms with Gasteiger partial charge in [-0.2, -0.15) is 0 Å². The quantitative estimate of drug-likeness (QED) is 0.700. The Morgan fingerprint density at radius 1 is 1.04 bits per heavy atom. The van der Waals surface area contributed by atoms with Gasteiger partial charge in [0.05, 0.1) is 5.69 Å². The molecule has 6 nitrogen and oxygen atoms in total. The summed E-state index contributed by atoms with van der Waals surface area (Å²) in [5.41, 5.74) is 9.48. The molecule has 1 amide bonds. The van der Waals surface area contributed by atoms with E-state index in [0.29, 0.717) is 19.6 Å². The summed E-state index contributed by atoms with van der Waals surface area (Å²) in [5.74, 6) is 1.76. The van der Waals surface area contributed by atoms with Gasteiger partial charge in [-0.15, -0.1) is 0 Å². The lowest BCUT2D eigenvalue weighted by Crippen LogP contribution is -2.29. The number of ether oxygens (including phenoxy) is 2. The van der Waals surface area contributed by atoms with Crippen LogP contribution in [-0.2, 0) is 11.2 Å². The molecule has 144 valence electrons. The van der Waals surface area contributed by atoms with E-state index in [1.165, 1.54) is 0 Å². The van der Waals surface area contributed by atoms with Crippen molar-refractivity contribution in [1.82, 2.24) is 4.90 Å². The summed E-state index contributed by atoms with van der Waals surface area (Å²) in [6, 6.07) is 11.4. The minimum absolute atomic E-state index is 0.0728. The fraction of sp³-hybridized carbons (Fsp3) is 0.381. The molecule has 6 heteroatoms. The SMILES string of the molecule is Cc1ccc(OCCN(C)CCOc2ccc(N)cc2)c2c1NC(=O)CC2. The molecule has 0 bridgehead atoms. The van der Waals surface area contributed by atoms with Gasteiger partial charge in [-0.3, -0.25) is 9.69 Å².